The first-order chi connectivity index (χ1) is 11.7. The van der Waals surface area contributed by atoms with Crippen LogP contribution in [-0.2, 0) is 6.61 Å². The van der Waals surface area contributed by atoms with Gasteiger partial charge in [-0.3, -0.25) is 0 Å². The molecule has 0 fully saturated rings. The predicted molar refractivity (Wildman–Crippen MR) is 96.1 cm³/mol. The van der Waals surface area contributed by atoms with Gasteiger partial charge in [-0.25, -0.2) is 0 Å². The van der Waals surface area contributed by atoms with Gasteiger partial charge in [0.15, 0.2) is 11.5 Å². The zero-order chi connectivity index (χ0) is 17.2. The minimum atomic E-state index is 0.0407. The minimum Gasteiger partial charge on any atom is -0.490 e. The third kappa shape index (κ3) is 5.76. The first kappa shape index (κ1) is 18.1. The molecule has 0 aromatic heterocycles. The van der Waals surface area contributed by atoms with E-state index in [1.54, 1.807) is 6.21 Å². The van der Waals surface area contributed by atoms with E-state index in [0.717, 1.165) is 11.1 Å². The number of rotatable bonds is 9. The van der Waals surface area contributed by atoms with Gasteiger partial charge in [-0.1, -0.05) is 23.7 Å². The molecule has 0 aliphatic rings. The van der Waals surface area contributed by atoms with E-state index in [-0.39, 0.29) is 6.61 Å². The maximum Gasteiger partial charge on any atom is 0.161 e. The summed E-state index contributed by atoms with van der Waals surface area (Å²) < 4.78 is 11.5. The zero-order valence-corrected chi connectivity index (χ0v) is 14.3. The van der Waals surface area contributed by atoms with E-state index in [0.29, 0.717) is 36.3 Å². The Morgan fingerprint density at radius 1 is 1.12 bits per heavy atom. The topological polar surface area (TPSA) is 63.1 Å². The molecule has 0 heterocycles. The van der Waals surface area contributed by atoms with E-state index in [2.05, 4.69) is 10.5 Å². The van der Waals surface area contributed by atoms with Gasteiger partial charge in [0.1, 0.15) is 6.61 Å². The lowest BCUT2D eigenvalue weighted by molar-refractivity contribution is 0.269. The zero-order valence-electron chi connectivity index (χ0n) is 13.5. The van der Waals surface area contributed by atoms with Crippen molar-refractivity contribution in [3.63, 3.8) is 0 Å². The second-order valence-corrected chi connectivity index (χ2v) is 5.38. The van der Waals surface area contributed by atoms with Gasteiger partial charge in [-0.2, -0.15) is 5.10 Å². The van der Waals surface area contributed by atoms with Crippen molar-refractivity contribution in [1.82, 2.24) is 5.43 Å². The van der Waals surface area contributed by atoms with Crippen LogP contribution < -0.4 is 14.9 Å². The summed E-state index contributed by atoms with van der Waals surface area (Å²) in [5.74, 6) is 1.34. The number of nitrogens with one attached hydrogen (secondary N) is 1. The molecule has 0 unspecified atom stereocenters. The van der Waals surface area contributed by atoms with Gasteiger partial charge in [0, 0.05) is 5.02 Å². The lowest BCUT2D eigenvalue weighted by Crippen LogP contribution is -2.11. The predicted octanol–water partition coefficient (Wildman–Crippen LogP) is 3.23. The van der Waals surface area contributed by atoms with Crippen molar-refractivity contribution in [3.8, 4) is 11.5 Å². The Bertz CT molecular complexity index is 660. The molecular weight excluding hydrogens is 328 g/mol. The maximum atomic E-state index is 8.70. The van der Waals surface area contributed by atoms with E-state index in [1.165, 1.54) is 0 Å². The molecular formula is C18H21ClN2O3. The number of halogens is 1. The molecule has 6 heteroatoms. The average molecular weight is 349 g/mol. The van der Waals surface area contributed by atoms with Crippen LogP contribution >= 0.6 is 11.6 Å². The summed E-state index contributed by atoms with van der Waals surface area (Å²) in [6.45, 7) is 3.35. The quantitative estimate of drug-likeness (QED) is 0.415. The molecule has 0 radical (unpaired) electrons. The smallest absolute Gasteiger partial charge is 0.161 e. The van der Waals surface area contributed by atoms with Crippen LogP contribution in [0.3, 0.4) is 0 Å². The number of aliphatic hydroxyl groups is 1. The van der Waals surface area contributed by atoms with Gasteiger partial charge < -0.3 is 20.0 Å². The summed E-state index contributed by atoms with van der Waals surface area (Å²) in [5.41, 5.74) is 4.64. The summed E-state index contributed by atoms with van der Waals surface area (Å²) in [7, 11) is 0. The van der Waals surface area contributed by atoms with Crippen LogP contribution in [0.1, 0.15) is 18.1 Å². The van der Waals surface area contributed by atoms with E-state index in [1.807, 2.05) is 49.4 Å². The number of nitrogens with zero attached hydrogens (tertiary/aromatic N) is 1. The summed E-state index contributed by atoms with van der Waals surface area (Å²) in [6.07, 6.45) is 1.67. The molecule has 5 nitrogen and oxygen atoms in total. The molecule has 0 atom stereocenters. The first-order valence-electron chi connectivity index (χ1n) is 7.73. The van der Waals surface area contributed by atoms with Crippen molar-refractivity contribution in [2.45, 2.75) is 13.5 Å². The van der Waals surface area contributed by atoms with Crippen LogP contribution in [0.4, 0.5) is 0 Å². The SMILES string of the molecule is CCOc1cc(C=NNCCO)ccc1OCc1ccc(Cl)cc1. The van der Waals surface area contributed by atoms with Gasteiger partial charge in [-0.15, -0.1) is 0 Å². The number of hydrogen-bond acceptors (Lipinski definition) is 5. The van der Waals surface area contributed by atoms with E-state index in [4.69, 9.17) is 26.2 Å². The van der Waals surface area contributed by atoms with Crippen LogP contribution in [0.25, 0.3) is 0 Å². The van der Waals surface area contributed by atoms with Crippen molar-refractivity contribution in [1.29, 1.82) is 0 Å². The molecule has 24 heavy (non-hydrogen) atoms. The number of ether oxygens (including phenoxy) is 2. The fourth-order valence-corrected chi connectivity index (χ4v) is 2.09. The molecule has 0 saturated heterocycles. The standard InChI is InChI=1S/C18H21ClN2O3/c1-2-23-18-11-15(12-21-20-9-10-22)5-8-17(18)24-13-14-3-6-16(19)7-4-14/h3-8,11-12,20,22H,2,9-10,13H2,1H3. The van der Waals surface area contributed by atoms with Crippen molar-refractivity contribution in [2.24, 2.45) is 5.10 Å². The number of hydrazone groups is 1. The van der Waals surface area contributed by atoms with Crippen LogP contribution in [-0.4, -0.2) is 31.1 Å². The molecule has 128 valence electrons. The molecule has 0 bridgehead atoms. The minimum absolute atomic E-state index is 0.0407. The lowest BCUT2D eigenvalue weighted by atomic mass is 10.2. The third-order valence-electron chi connectivity index (χ3n) is 3.10. The average Bonchev–Trinajstić information content (AvgIpc) is 2.60. The van der Waals surface area contributed by atoms with Gasteiger partial charge >= 0.3 is 0 Å². The largest absolute Gasteiger partial charge is 0.490 e. The molecule has 2 rings (SSSR count). The highest BCUT2D eigenvalue weighted by Crippen LogP contribution is 2.29. The Balaban J connectivity index is 2.05. The number of hydrogen-bond donors (Lipinski definition) is 2. The second-order valence-electron chi connectivity index (χ2n) is 4.94. The van der Waals surface area contributed by atoms with Crippen molar-refractivity contribution in [3.05, 3.63) is 58.6 Å². The highest BCUT2D eigenvalue weighted by molar-refractivity contribution is 6.30. The Hall–Kier alpha value is -2.24. The fourth-order valence-electron chi connectivity index (χ4n) is 1.97. The second kappa shape index (κ2) is 9.80. The Morgan fingerprint density at radius 2 is 1.92 bits per heavy atom. The van der Waals surface area contributed by atoms with E-state index >= 15 is 0 Å². The summed E-state index contributed by atoms with van der Waals surface area (Å²) in [5, 5.41) is 13.4. The lowest BCUT2D eigenvalue weighted by Gasteiger charge is -2.12. The molecule has 2 aromatic carbocycles. The molecule has 0 saturated carbocycles. The maximum absolute atomic E-state index is 8.70. The highest BCUT2D eigenvalue weighted by atomic mass is 35.5. The van der Waals surface area contributed by atoms with Crippen LogP contribution in [0.15, 0.2) is 47.6 Å². The Labute approximate surface area is 146 Å². The molecule has 0 amide bonds. The van der Waals surface area contributed by atoms with E-state index in [9.17, 15) is 0 Å². The van der Waals surface area contributed by atoms with Crippen LogP contribution in [0.5, 0.6) is 11.5 Å². The first-order valence-corrected chi connectivity index (χ1v) is 8.11. The third-order valence-corrected chi connectivity index (χ3v) is 3.36. The van der Waals surface area contributed by atoms with Crippen molar-refractivity contribution < 1.29 is 14.6 Å². The van der Waals surface area contributed by atoms with Gasteiger partial charge in [0.05, 0.1) is 26.0 Å². The van der Waals surface area contributed by atoms with Gasteiger partial charge in [-0.05, 0) is 48.4 Å². The van der Waals surface area contributed by atoms with Crippen molar-refractivity contribution >= 4 is 17.8 Å². The normalized spacial score (nSPS) is 10.8. The van der Waals surface area contributed by atoms with Gasteiger partial charge in [0.25, 0.3) is 0 Å². The van der Waals surface area contributed by atoms with Crippen LogP contribution in [0.2, 0.25) is 5.02 Å². The monoisotopic (exact) mass is 348 g/mol. The summed E-state index contributed by atoms with van der Waals surface area (Å²) in [4.78, 5) is 0. The molecule has 0 aliphatic carbocycles. The molecule has 0 spiro atoms. The van der Waals surface area contributed by atoms with Gasteiger partial charge in [0.2, 0.25) is 0 Å². The van der Waals surface area contributed by atoms with Crippen molar-refractivity contribution in [2.75, 3.05) is 19.8 Å². The van der Waals surface area contributed by atoms with Crippen LogP contribution in [0, 0.1) is 0 Å². The Morgan fingerprint density at radius 3 is 2.62 bits per heavy atom. The molecule has 0 aliphatic heterocycles. The van der Waals surface area contributed by atoms with E-state index < -0.39 is 0 Å². The number of aliphatic hydroxyl groups excluding tert-OH is 1. The highest BCUT2D eigenvalue weighted by Gasteiger charge is 2.06. The fraction of sp³-hybridized carbons (Fsp3) is 0.278. The summed E-state index contributed by atoms with van der Waals surface area (Å²) >= 11 is 5.88. The molecule has 2 N–H and O–H groups in total. The Kier molecular flexibility index (Phi) is 7.39. The number of benzene rings is 2. The summed E-state index contributed by atoms with van der Waals surface area (Å²) in [6, 6.07) is 13.1. The molecule has 2 aromatic rings.